The molecule has 4 rings (SSSR count). The smallest absolute Gasteiger partial charge is 0.353 e. The van der Waals surface area contributed by atoms with E-state index in [9.17, 15) is 13.6 Å². The molecule has 168 valence electrons. The van der Waals surface area contributed by atoms with Gasteiger partial charge in [-0.3, -0.25) is 4.79 Å². The van der Waals surface area contributed by atoms with E-state index in [4.69, 9.17) is 21.1 Å². The minimum atomic E-state index is -0.826. The van der Waals surface area contributed by atoms with Crippen LogP contribution in [0, 0.1) is 34.4 Å². The number of hydrazine groups is 1. The van der Waals surface area contributed by atoms with E-state index in [0.717, 1.165) is 25.0 Å². The molecule has 2 aromatic rings. The van der Waals surface area contributed by atoms with Crippen molar-refractivity contribution in [3.8, 4) is 17.7 Å². The molecular weight excluding hydrogens is 430 g/mol. The highest BCUT2D eigenvalue weighted by atomic mass is 19.1. The molecule has 2 heterocycles. The van der Waals surface area contributed by atoms with E-state index in [-0.39, 0.29) is 23.1 Å². The third-order valence-corrected chi connectivity index (χ3v) is 5.43. The van der Waals surface area contributed by atoms with Crippen molar-refractivity contribution in [1.29, 1.82) is 10.7 Å². The van der Waals surface area contributed by atoms with Gasteiger partial charge in [0, 0.05) is 30.6 Å². The zero-order valence-electron chi connectivity index (χ0n) is 17.5. The number of hydrazone groups is 1. The summed E-state index contributed by atoms with van der Waals surface area (Å²) in [4.78, 5) is 13.8. The summed E-state index contributed by atoms with van der Waals surface area (Å²) in [6, 6.07) is 9.42. The first-order valence-corrected chi connectivity index (χ1v) is 10.3. The van der Waals surface area contributed by atoms with Crippen LogP contribution in [0.4, 0.5) is 8.78 Å². The summed E-state index contributed by atoms with van der Waals surface area (Å²) in [5.74, 6) is -2.16. The monoisotopic (exact) mass is 451 g/mol. The molecule has 0 aromatic heterocycles. The van der Waals surface area contributed by atoms with Gasteiger partial charge in [0.1, 0.15) is 23.5 Å². The lowest BCUT2D eigenvalue weighted by molar-refractivity contribution is -0.452. The van der Waals surface area contributed by atoms with E-state index >= 15 is 0 Å². The number of nitriles is 1. The zero-order valence-corrected chi connectivity index (χ0v) is 17.5. The van der Waals surface area contributed by atoms with E-state index in [1.165, 1.54) is 10.8 Å². The Labute approximate surface area is 188 Å². The topological polar surface area (TPSA) is 118 Å². The van der Waals surface area contributed by atoms with Gasteiger partial charge in [0.2, 0.25) is 0 Å². The van der Waals surface area contributed by atoms with E-state index in [1.807, 2.05) is 0 Å². The maximum atomic E-state index is 13.8. The lowest BCUT2D eigenvalue weighted by atomic mass is 10.00. The van der Waals surface area contributed by atoms with Gasteiger partial charge in [-0.05, 0) is 49.2 Å². The molecule has 1 amide bonds. The third-order valence-electron chi connectivity index (χ3n) is 5.43. The third kappa shape index (κ3) is 4.67. The van der Waals surface area contributed by atoms with Gasteiger partial charge in [0.05, 0.1) is 0 Å². The molecule has 0 bridgehead atoms. The number of nitrogens with zero attached hydrogens (tertiary/aromatic N) is 3. The number of primary amides is 1. The van der Waals surface area contributed by atoms with Crippen LogP contribution >= 0.6 is 0 Å². The number of carbonyl (C=O) groups excluding carboxylic acids is 1. The Bertz CT molecular complexity index is 1220. The fourth-order valence-electron chi connectivity index (χ4n) is 3.84. The summed E-state index contributed by atoms with van der Waals surface area (Å²) >= 11 is 0. The highest BCUT2D eigenvalue weighted by molar-refractivity contribution is 6.23. The number of amidine groups is 1. The Morgan fingerprint density at radius 1 is 1.30 bits per heavy atom. The maximum Gasteiger partial charge on any atom is 0.353 e. The van der Waals surface area contributed by atoms with Crippen LogP contribution in [0.5, 0.6) is 11.5 Å². The molecule has 4 N–H and O–H groups in total. The Balaban J connectivity index is 1.56. The number of hydrogen-bond acceptors (Lipinski definition) is 6. The van der Waals surface area contributed by atoms with Crippen molar-refractivity contribution in [2.45, 2.75) is 12.8 Å². The summed E-state index contributed by atoms with van der Waals surface area (Å²) < 4.78 is 33.8. The summed E-state index contributed by atoms with van der Waals surface area (Å²) in [5.41, 5.74) is 9.54. The van der Waals surface area contributed by atoms with Gasteiger partial charge < -0.3 is 15.4 Å². The number of halogens is 2. The number of nitrogens with two attached hydrogens (primary N) is 1. The Kier molecular flexibility index (Phi) is 6.04. The molecule has 1 fully saturated rings. The highest BCUT2D eigenvalue weighted by Gasteiger charge is 2.36. The van der Waals surface area contributed by atoms with Gasteiger partial charge in [0.15, 0.2) is 23.3 Å². The average Bonchev–Trinajstić information content (AvgIpc) is 3.12. The SMILES string of the molecule is N#CN1CCCC(C=[N+]2NC(c3ccc(Oc4ccc(F)cc4F)cc3)=C(C(N)=O)C2=N)C1. The van der Waals surface area contributed by atoms with Crippen LogP contribution in [0.15, 0.2) is 48.0 Å². The Morgan fingerprint density at radius 2 is 2.06 bits per heavy atom. The molecule has 0 aliphatic carbocycles. The number of benzene rings is 2. The van der Waals surface area contributed by atoms with Crippen LogP contribution < -0.4 is 15.9 Å². The van der Waals surface area contributed by atoms with Crippen molar-refractivity contribution in [3.63, 3.8) is 0 Å². The first-order chi connectivity index (χ1) is 15.9. The molecule has 10 heteroatoms. The number of nitrogens with one attached hydrogen (secondary N) is 2. The van der Waals surface area contributed by atoms with Gasteiger partial charge in [-0.1, -0.05) is 5.41 Å². The molecule has 2 aliphatic rings. The largest absolute Gasteiger partial charge is 0.454 e. The first kappa shape index (κ1) is 22.0. The van der Waals surface area contributed by atoms with Crippen LogP contribution in [0.2, 0.25) is 0 Å². The van der Waals surface area contributed by atoms with Gasteiger partial charge in [-0.15, -0.1) is 4.68 Å². The van der Waals surface area contributed by atoms with Crippen LogP contribution in [0.1, 0.15) is 18.4 Å². The van der Waals surface area contributed by atoms with Gasteiger partial charge in [-0.25, -0.2) is 14.2 Å². The molecule has 0 saturated carbocycles. The summed E-state index contributed by atoms with van der Waals surface area (Å²) in [5, 5.41) is 17.6. The lowest BCUT2D eigenvalue weighted by Gasteiger charge is -2.25. The van der Waals surface area contributed by atoms with Crippen molar-refractivity contribution in [3.05, 3.63) is 65.2 Å². The predicted molar refractivity (Wildman–Crippen MR) is 116 cm³/mol. The standard InChI is InChI=1S/C23H20F2N6O2/c24-16-5-8-19(18(25)10-16)33-17-6-3-15(4-7-17)21-20(23(28)32)22(27)31(29-21)12-14-2-1-9-30(11-14)13-26/h3-8,10,12,14H,1-2,9,11H2,(H3-,27,28,29,32)/p+1. The van der Waals surface area contributed by atoms with E-state index in [2.05, 4.69) is 11.6 Å². The Hall–Kier alpha value is -4.26. The van der Waals surface area contributed by atoms with Crippen molar-refractivity contribution in [2.75, 3.05) is 13.1 Å². The van der Waals surface area contributed by atoms with Gasteiger partial charge >= 0.3 is 5.84 Å². The number of rotatable bonds is 5. The molecule has 2 aromatic carbocycles. The molecule has 1 atom stereocenters. The average molecular weight is 451 g/mol. The minimum absolute atomic E-state index is 0.0254. The van der Waals surface area contributed by atoms with Crippen LogP contribution in [-0.2, 0) is 4.79 Å². The van der Waals surface area contributed by atoms with Crippen molar-refractivity contribution in [2.24, 2.45) is 11.7 Å². The molecular formula is C23H21F2N6O2+. The number of amides is 1. The molecule has 0 spiro atoms. The highest BCUT2D eigenvalue weighted by Crippen LogP contribution is 2.28. The normalized spacial score (nSPS) is 19.4. The zero-order chi connectivity index (χ0) is 23.5. The summed E-state index contributed by atoms with van der Waals surface area (Å²) in [7, 11) is 0. The number of carbonyl (C=O) groups is 1. The molecule has 2 aliphatic heterocycles. The van der Waals surface area contributed by atoms with E-state index in [0.29, 0.717) is 30.1 Å². The fraction of sp³-hybridized carbons (Fsp3) is 0.217. The molecule has 0 radical (unpaired) electrons. The minimum Gasteiger partial charge on any atom is -0.454 e. The van der Waals surface area contributed by atoms with Crippen molar-refractivity contribution in [1.82, 2.24) is 10.3 Å². The summed E-state index contributed by atoms with van der Waals surface area (Å²) in [6.45, 7) is 1.24. The number of ether oxygens (including phenoxy) is 1. The fourth-order valence-corrected chi connectivity index (χ4v) is 3.84. The number of hydrogen-bond donors (Lipinski definition) is 3. The van der Waals surface area contributed by atoms with Crippen molar-refractivity contribution < 1.29 is 23.0 Å². The molecule has 33 heavy (non-hydrogen) atoms. The van der Waals surface area contributed by atoms with Gasteiger partial charge in [0.25, 0.3) is 5.91 Å². The molecule has 8 nitrogen and oxygen atoms in total. The first-order valence-electron chi connectivity index (χ1n) is 10.3. The van der Waals surface area contributed by atoms with E-state index in [1.54, 1.807) is 35.4 Å². The van der Waals surface area contributed by atoms with E-state index < -0.39 is 17.5 Å². The quantitative estimate of drug-likeness (QED) is 0.477. The van der Waals surface area contributed by atoms with Crippen LogP contribution in [0.3, 0.4) is 0 Å². The second kappa shape index (κ2) is 9.08. The Morgan fingerprint density at radius 3 is 2.73 bits per heavy atom. The number of piperidine rings is 1. The number of likely N-dealkylation sites (tertiary alicyclic amines) is 1. The van der Waals surface area contributed by atoms with Crippen LogP contribution in [0.25, 0.3) is 5.70 Å². The lowest BCUT2D eigenvalue weighted by Crippen LogP contribution is -2.37. The predicted octanol–water partition coefficient (Wildman–Crippen LogP) is 2.73. The molecule has 1 saturated heterocycles. The van der Waals surface area contributed by atoms with Gasteiger partial charge in [-0.2, -0.15) is 5.26 Å². The molecule has 1 unspecified atom stereocenters. The summed E-state index contributed by atoms with van der Waals surface area (Å²) in [6.07, 6.45) is 5.65. The van der Waals surface area contributed by atoms with Crippen LogP contribution in [-0.4, -0.2) is 40.6 Å². The maximum absolute atomic E-state index is 13.8. The second-order valence-corrected chi connectivity index (χ2v) is 7.74. The van der Waals surface area contributed by atoms with Crippen molar-refractivity contribution >= 4 is 23.7 Å². The second-order valence-electron chi connectivity index (χ2n) is 7.74.